The highest BCUT2D eigenvalue weighted by atomic mass is 14.9. The molecule has 0 bridgehead atoms. The van der Waals surface area contributed by atoms with Crippen molar-refractivity contribution < 1.29 is 0 Å². The van der Waals surface area contributed by atoms with Crippen LogP contribution >= 0.6 is 0 Å². The number of benzene rings is 3. The van der Waals surface area contributed by atoms with Crippen molar-refractivity contribution in [2.75, 3.05) is 6.54 Å². The van der Waals surface area contributed by atoms with Crippen LogP contribution in [0.1, 0.15) is 24.1 Å². The lowest BCUT2D eigenvalue weighted by Gasteiger charge is -2.13. The van der Waals surface area contributed by atoms with Crippen molar-refractivity contribution in [3.63, 3.8) is 0 Å². The van der Waals surface area contributed by atoms with Gasteiger partial charge in [0.25, 0.3) is 0 Å². The fourth-order valence-corrected chi connectivity index (χ4v) is 2.60. The van der Waals surface area contributed by atoms with E-state index in [4.69, 9.17) is 0 Å². The largest absolute Gasteiger partial charge is 0.307 e. The Hall–Kier alpha value is -2.38. The first-order chi connectivity index (χ1) is 10.8. The summed E-state index contributed by atoms with van der Waals surface area (Å²) in [6.45, 7) is 3.07. The van der Waals surface area contributed by atoms with Gasteiger partial charge < -0.3 is 5.32 Å². The number of hydrogen-bond donors (Lipinski definition) is 1. The van der Waals surface area contributed by atoms with Gasteiger partial charge in [0.2, 0.25) is 0 Å². The number of hydrogen-bond acceptors (Lipinski definition) is 1. The third kappa shape index (κ3) is 3.63. The summed E-state index contributed by atoms with van der Waals surface area (Å²) in [6.07, 6.45) is 4.33. The van der Waals surface area contributed by atoms with E-state index in [2.05, 4.69) is 91.1 Å². The lowest BCUT2D eigenvalue weighted by Crippen LogP contribution is -2.18. The third-order valence-corrected chi connectivity index (χ3v) is 3.93. The van der Waals surface area contributed by atoms with Crippen LogP contribution in [0.15, 0.2) is 78.9 Å². The molecule has 22 heavy (non-hydrogen) atoms. The third-order valence-electron chi connectivity index (χ3n) is 3.93. The van der Waals surface area contributed by atoms with Gasteiger partial charge in [0.15, 0.2) is 0 Å². The second-order valence-electron chi connectivity index (χ2n) is 5.55. The van der Waals surface area contributed by atoms with Crippen LogP contribution in [-0.2, 0) is 0 Å². The first-order valence-electron chi connectivity index (χ1n) is 7.76. The van der Waals surface area contributed by atoms with Crippen molar-refractivity contribution in [3.8, 4) is 0 Å². The maximum atomic E-state index is 3.55. The van der Waals surface area contributed by atoms with Crippen LogP contribution in [0.5, 0.6) is 0 Å². The van der Waals surface area contributed by atoms with Crippen LogP contribution in [0.3, 0.4) is 0 Å². The molecular formula is C21H21N. The summed E-state index contributed by atoms with van der Waals surface area (Å²) in [4.78, 5) is 0. The number of rotatable bonds is 5. The van der Waals surface area contributed by atoms with Gasteiger partial charge >= 0.3 is 0 Å². The first kappa shape index (κ1) is 14.6. The van der Waals surface area contributed by atoms with Crippen LogP contribution in [0.2, 0.25) is 0 Å². The molecule has 0 radical (unpaired) electrons. The van der Waals surface area contributed by atoms with Gasteiger partial charge in [-0.1, -0.05) is 78.9 Å². The molecule has 1 nitrogen and oxygen atoms in total. The predicted molar refractivity (Wildman–Crippen MR) is 95.8 cm³/mol. The van der Waals surface area contributed by atoms with Crippen LogP contribution in [0, 0.1) is 0 Å². The van der Waals surface area contributed by atoms with Crippen LogP contribution < -0.4 is 5.32 Å². The molecule has 0 heterocycles. The van der Waals surface area contributed by atoms with Crippen LogP contribution in [-0.4, -0.2) is 6.54 Å². The van der Waals surface area contributed by atoms with Gasteiger partial charge in [-0.05, 0) is 34.9 Å². The molecule has 3 aromatic carbocycles. The Bertz CT molecular complexity index is 759. The fourth-order valence-electron chi connectivity index (χ4n) is 2.60. The maximum absolute atomic E-state index is 3.55. The molecule has 3 rings (SSSR count). The average Bonchev–Trinajstić information content (AvgIpc) is 2.59. The fraction of sp³-hybridized carbons (Fsp3) is 0.143. The Balaban J connectivity index is 1.61. The van der Waals surface area contributed by atoms with Crippen molar-refractivity contribution in [1.29, 1.82) is 0 Å². The summed E-state index contributed by atoms with van der Waals surface area (Å²) in [5.74, 6) is 0. The zero-order valence-electron chi connectivity index (χ0n) is 12.9. The molecule has 0 aliphatic carbocycles. The quantitative estimate of drug-likeness (QED) is 0.679. The highest BCUT2D eigenvalue weighted by Crippen LogP contribution is 2.20. The molecule has 1 heteroatoms. The molecule has 0 aliphatic rings. The van der Waals surface area contributed by atoms with E-state index in [1.54, 1.807) is 0 Å². The Morgan fingerprint density at radius 3 is 2.41 bits per heavy atom. The summed E-state index contributed by atoms with van der Waals surface area (Å²) >= 11 is 0. The molecular weight excluding hydrogens is 266 g/mol. The molecule has 0 unspecified atom stereocenters. The highest BCUT2D eigenvalue weighted by Gasteiger charge is 2.04. The lowest BCUT2D eigenvalue weighted by atomic mass is 10.0. The zero-order chi connectivity index (χ0) is 15.2. The second-order valence-corrected chi connectivity index (χ2v) is 5.55. The second kappa shape index (κ2) is 7.06. The lowest BCUT2D eigenvalue weighted by molar-refractivity contribution is 0.619. The van der Waals surface area contributed by atoms with Crippen LogP contribution in [0.4, 0.5) is 0 Å². The Kier molecular flexibility index (Phi) is 4.67. The van der Waals surface area contributed by atoms with E-state index in [1.165, 1.54) is 21.9 Å². The van der Waals surface area contributed by atoms with E-state index < -0.39 is 0 Å². The molecule has 0 saturated heterocycles. The normalized spacial score (nSPS) is 12.8. The molecule has 0 amide bonds. The Labute approximate surface area is 132 Å². The van der Waals surface area contributed by atoms with E-state index in [-0.39, 0.29) is 0 Å². The smallest absolute Gasteiger partial charge is 0.0294 e. The number of nitrogens with one attached hydrogen (secondary N) is 1. The minimum Gasteiger partial charge on any atom is -0.307 e. The summed E-state index contributed by atoms with van der Waals surface area (Å²) in [7, 11) is 0. The predicted octanol–water partition coefficient (Wildman–Crippen LogP) is 5.20. The minimum absolute atomic E-state index is 0.338. The van der Waals surface area contributed by atoms with Crippen molar-refractivity contribution in [3.05, 3.63) is 90.0 Å². The van der Waals surface area contributed by atoms with Gasteiger partial charge in [-0.15, -0.1) is 0 Å². The highest BCUT2D eigenvalue weighted by molar-refractivity contribution is 5.83. The molecule has 0 saturated carbocycles. The van der Waals surface area contributed by atoms with Gasteiger partial charge in [0.1, 0.15) is 0 Å². The average molecular weight is 287 g/mol. The summed E-state index contributed by atoms with van der Waals surface area (Å²) < 4.78 is 0. The summed E-state index contributed by atoms with van der Waals surface area (Å²) in [6, 6.07) is 25.9. The van der Waals surface area contributed by atoms with Gasteiger partial charge in [-0.25, -0.2) is 0 Å². The van der Waals surface area contributed by atoms with E-state index >= 15 is 0 Å². The molecule has 1 atom stereocenters. The van der Waals surface area contributed by atoms with Crippen molar-refractivity contribution in [2.45, 2.75) is 13.0 Å². The first-order valence-corrected chi connectivity index (χ1v) is 7.76. The topological polar surface area (TPSA) is 12.0 Å². The van der Waals surface area contributed by atoms with Crippen molar-refractivity contribution >= 4 is 16.8 Å². The standard InChI is InChI=1S/C21H21N/c1-17(22-15-7-10-18-8-3-2-4-9-18)20-14-13-19-11-5-6-12-21(19)16-20/h2-14,16-17,22H,15H2,1H3/t17-/m1/s1. The molecule has 110 valence electrons. The van der Waals surface area contributed by atoms with E-state index in [1.807, 2.05) is 6.07 Å². The molecule has 3 aromatic rings. The number of fused-ring (bicyclic) bond motifs is 1. The van der Waals surface area contributed by atoms with Crippen molar-refractivity contribution in [2.24, 2.45) is 0 Å². The molecule has 0 spiro atoms. The monoisotopic (exact) mass is 287 g/mol. The van der Waals surface area contributed by atoms with E-state index in [0.717, 1.165) is 6.54 Å². The van der Waals surface area contributed by atoms with Gasteiger partial charge in [-0.3, -0.25) is 0 Å². The minimum atomic E-state index is 0.338. The SMILES string of the molecule is C[C@@H](NCC=Cc1ccccc1)c1ccc2ccccc2c1. The van der Waals surface area contributed by atoms with E-state index in [9.17, 15) is 0 Å². The van der Waals surface area contributed by atoms with Gasteiger partial charge in [-0.2, -0.15) is 0 Å². The molecule has 1 N–H and O–H groups in total. The zero-order valence-corrected chi connectivity index (χ0v) is 12.9. The Morgan fingerprint density at radius 2 is 1.59 bits per heavy atom. The van der Waals surface area contributed by atoms with E-state index in [0.29, 0.717) is 6.04 Å². The Morgan fingerprint density at radius 1 is 0.864 bits per heavy atom. The van der Waals surface area contributed by atoms with Crippen LogP contribution in [0.25, 0.3) is 16.8 Å². The maximum Gasteiger partial charge on any atom is 0.0294 e. The molecule has 0 aliphatic heterocycles. The van der Waals surface area contributed by atoms with Gasteiger partial charge in [0, 0.05) is 12.6 Å². The molecule has 0 fully saturated rings. The summed E-state index contributed by atoms with van der Waals surface area (Å²) in [5, 5.41) is 6.14. The van der Waals surface area contributed by atoms with Crippen molar-refractivity contribution in [1.82, 2.24) is 5.32 Å². The van der Waals surface area contributed by atoms with Gasteiger partial charge in [0.05, 0.1) is 0 Å². The molecule has 0 aromatic heterocycles. The summed E-state index contributed by atoms with van der Waals surface area (Å²) in [5.41, 5.74) is 2.56.